The molecular weight excluding hydrogens is 771 g/mol. The Kier molecular flexibility index (Phi) is 12.2. The Hall–Kier alpha value is -5.76. The molecule has 3 N–H and O–H groups in total. The zero-order chi connectivity index (χ0) is 42.9. The van der Waals surface area contributed by atoms with Gasteiger partial charge >= 0.3 is 6.09 Å². The fraction of sp³-hybridized carbons (Fsp3) is 0.400. The van der Waals surface area contributed by atoms with E-state index in [9.17, 15) is 23.4 Å². The predicted octanol–water partition coefficient (Wildman–Crippen LogP) is 6.41. The molecule has 1 aliphatic heterocycles. The molecule has 4 aromatic rings. The number of ether oxygens (including phenoxy) is 3. The van der Waals surface area contributed by atoms with E-state index in [2.05, 4.69) is 21.9 Å². The van der Waals surface area contributed by atoms with Gasteiger partial charge in [0.2, 0.25) is 11.8 Å². The summed E-state index contributed by atoms with van der Waals surface area (Å²) in [5, 5.41) is 6.37. The fourth-order valence-corrected chi connectivity index (χ4v) is 8.04. The average Bonchev–Trinajstić information content (AvgIpc) is 3.74. The molecule has 1 aromatic heterocycles. The van der Waals surface area contributed by atoms with Crippen molar-refractivity contribution in [2.24, 2.45) is 11.3 Å². The van der Waals surface area contributed by atoms with Crippen LogP contribution in [0.2, 0.25) is 0 Å². The van der Waals surface area contributed by atoms with Gasteiger partial charge in [-0.05, 0) is 63.8 Å². The van der Waals surface area contributed by atoms with Crippen LogP contribution >= 0.6 is 0 Å². The Morgan fingerprint density at radius 2 is 1.68 bits per heavy atom. The number of nitrogens with zero attached hydrogens (tertiary/aromatic N) is 2. The summed E-state index contributed by atoms with van der Waals surface area (Å²) < 4.78 is 33.6. The van der Waals surface area contributed by atoms with Crippen molar-refractivity contribution in [3.63, 3.8) is 0 Å². The molecule has 6 rings (SSSR count). The molecule has 13 nitrogen and oxygen atoms in total. The lowest BCUT2D eigenvalue weighted by atomic mass is 9.85. The number of hydrogen-bond donors (Lipinski definition) is 3. The zero-order valence-electron chi connectivity index (χ0n) is 34.8. The van der Waals surface area contributed by atoms with E-state index in [0.717, 1.165) is 11.1 Å². The highest BCUT2D eigenvalue weighted by Gasteiger charge is 2.61. The number of hydrogen-bond acceptors (Lipinski definition) is 9. The Labute approximate surface area is 347 Å². The van der Waals surface area contributed by atoms with E-state index in [-0.39, 0.29) is 19.4 Å². The van der Waals surface area contributed by atoms with Crippen molar-refractivity contribution in [1.29, 1.82) is 0 Å². The molecule has 2 heterocycles. The van der Waals surface area contributed by atoms with Crippen molar-refractivity contribution in [2.45, 2.75) is 95.5 Å². The number of alkyl carbamates (subject to hydrolysis) is 1. The number of aryl methyl sites for hydroxylation is 1. The number of carbonyl (C=O) groups is 4. The van der Waals surface area contributed by atoms with Gasteiger partial charge in [-0.3, -0.25) is 19.1 Å². The van der Waals surface area contributed by atoms with Gasteiger partial charge in [-0.2, -0.15) is 0 Å². The molecule has 1 saturated carbocycles. The second-order valence-corrected chi connectivity index (χ2v) is 18.4. The number of rotatable bonds is 12. The quantitative estimate of drug-likeness (QED) is 0.137. The monoisotopic (exact) mass is 823 g/mol. The number of aromatic nitrogens is 1. The van der Waals surface area contributed by atoms with Crippen LogP contribution in [0, 0.1) is 18.3 Å². The van der Waals surface area contributed by atoms with Gasteiger partial charge in [0.15, 0.2) is 11.0 Å². The molecule has 59 heavy (non-hydrogen) atoms. The number of fused-ring (bicyclic) bond motifs is 1. The lowest BCUT2D eigenvalue weighted by Crippen LogP contribution is -2.60. The number of carbonyl (C=O) groups excluding carboxylic acids is 4. The van der Waals surface area contributed by atoms with Crippen molar-refractivity contribution < 1.29 is 37.6 Å². The summed E-state index contributed by atoms with van der Waals surface area (Å²) in [6.07, 6.45) is 0.357. The predicted molar refractivity (Wildman–Crippen MR) is 226 cm³/mol. The summed E-state index contributed by atoms with van der Waals surface area (Å²) in [6.45, 7) is 16.3. The van der Waals surface area contributed by atoms with Crippen LogP contribution in [0.1, 0.15) is 59.9 Å². The third kappa shape index (κ3) is 9.76. The summed E-state index contributed by atoms with van der Waals surface area (Å²) in [5.74, 6) is -1.13. The Morgan fingerprint density at radius 3 is 2.29 bits per heavy atom. The first-order valence-electron chi connectivity index (χ1n) is 19.6. The van der Waals surface area contributed by atoms with Crippen molar-refractivity contribution >= 4 is 45.7 Å². The summed E-state index contributed by atoms with van der Waals surface area (Å²) in [4.78, 5) is 63.0. The molecule has 312 valence electrons. The number of pyridine rings is 1. The maximum atomic E-state index is 14.8. The van der Waals surface area contributed by atoms with Gasteiger partial charge in [-0.15, -0.1) is 6.58 Å². The molecule has 6 atom stereocenters. The molecular formula is C45H53N5O8S. The molecule has 14 heteroatoms. The maximum Gasteiger partial charge on any atom is 0.408 e. The molecule has 1 saturated heterocycles. The molecule has 0 radical (unpaired) electrons. The normalized spacial score (nSPS) is 21.2. The van der Waals surface area contributed by atoms with Crippen molar-refractivity contribution in [3.05, 3.63) is 97.1 Å². The first-order valence-corrected chi connectivity index (χ1v) is 20.7. The first-order chi connectivity index (χ1) is 27.8. The highest BCUT2D eigenvalue weighted by molar-refractivity contribution is 7.83. The largest absolute Gasteiger partial charge is 0.497 e. The Bertz CT molecular complexity index is 2270. The lowest BCUT2D eigenvalue weighted by Gasteiger charge is -2.36. The third-order valence-electron chi connectivity index (χ3n) is 10.4. The van der Waals surface area contributed by atoms with E-state index in [1.165, 1.54) is 4.90 Å². The minimum Gasteiger partial charge on any atom is -0.497 e. The smallest absolute Gasteiger partial charge is 0.408 e. The van der Waals surface area contributed by atoms with Crippen molar-refractivity contribution in [2.75, 3.05) is 13.7 Å². The van der Waals surface area contributed by atoms with Crippen molar-refractivity contribution in [3.8, 4) is 22.8 Å². The fourth-order valence-electron chi connectivity index (χ4n) is 7.19. The molecule has 0 spiro atoms. The van der Waals surface area contributed by atoms with Crippen LogP contribution in [0.25, 0.3) is 22.2 Å². The molecule has 1 unspecified atom stereocenters. The van der Waals surface area contributed by atoms with Gasteiger partial charge in [0.1, 0.15) is 40.8 Å². The molecule has 3 aromatic carbocycles. The van der Waals surface area contributed by atoms with Crippen LogP contribution in [0.4, 0.5) is 4.79 Å². The van der Waals surface area contributed by atoms with Crippen LogP contribution < -0.4 is 24.8 Å². The van der Waals surface area contributed by atoms with Gasteiger partial charge in [0.25, 0.3) is 5.91 Å². The number of benzene rings is 3. The third-order valence-corrected chi connectivity index (χ3v) is 11.5. The van der Waals surface area contributed by atoms with Gasteiger partial charge in [-0.1, -0.05) is 74.9 Å². The molecule has 2 fully saturated rings. The van der Waals surface area contributed by atoms with E-state index in [1.807, 2.05) is 55.5 Å². The molecule has 2 aliphatic rings. The minimum absolute atomic E-state index is 0.0261. The van der Waals surface area contributed by atoms with Gasteiger partial charge < -0.3 is 29.7 Å². The van der Waals surface area contributed by atoms with Crippen LogP contribution in [-0.2, 0) is 30.1 Å². The summed E-state index contributed by atoms with van der Waals surface area (Å²) in [7, 11) is -0.322. The molecule has 1 aliphatic carbocycles. The number of likely N-dealkylation sites (tertiary alicyclic amines) is 1. The molecule has 0 bridgehead atoms. The highest BCUT2D eigenvalue weighted by Crippen LogP contribution is 2.45. The number of nitrogens with one attached hydrogen (secondary N) is 3. The first kappa shape index (κ1) is 42.8. The number of methoxy groups -OCH3 is 1. The topological polar surface area (TPSA) is 165 Å². The summed E-state index contributed by atoms with van der Waals surface area (Å²) in [5.41, 5.74) is 0.00500. The average molecular weight is 824 g/mol. The maximum absolute atomic E-state index is 14.8. The van der Waals surface area contributed by atoms with Gasteiger partial charge in [0, 0.05) is 35.4 Å². The second-order valence-electron chi connectivity index (χ2n) is 17.2. The Morgan fingerprint density at radius 1 is 0.983 bits per heavy atom. The van der Waals surface area contributed by atoms with Crippen molar-refractivity contribution in [1.82, 2.24) is 25.2 Å². The van der Waals surface area contributed by atoms with Crippen LogP contribution in [0.5, 0.6) is 11.5 Å². The van der Waals surface area contributed by atoms with E-state index in [0.29, 0.717) is 33.0 Å². The minimum atomic E-state index is -1.90. The standard InChI is InChI=1S/C45H53N5O8S/c1-10-29-25-45(29,41(53)49-59(55)32-19-16-27(2)17-20-32)48-39(51)36-23-31(26-50(36)40(52)38(43(3,4)5)47-42(54)58-44(6,7)8)57-37-24-34(28-14-12-11-13-15-28)46-35-22-30(56-9)18-21-33(35)37/h10-22,24,29,31,36,38H,1,23,25-26H2,2-9H3,(H,47,54)(H,48,51)(H,49,53)/t29-,31-,36+,38-,45-,59?/m1/s1. The Balaban J connectivity index is 1.33. The van der Waals surface area contributed by atoms with E-state index in [4.69, 9.17) is 19.2 Å². The highest BCUT2D eigenvalue weighted by atomic mass is 32.2. The lowest BCUT2D eigenvalue weighted by molar-refractivity contribution is -0.143. The zero-order valence-corrected chi connectivity index (χ0v) is 35.6. The van der Waals surface area contributed by atoms with Crippen LogP contribution in [0.3, 0.4) is 0 Å². The van der Waals surface area contributed by atoms with Crippen LogP contribution in [0.15, 0.2) is 96.4 Å². The van der Waals surface area contributed by atoms with Gasteiger partial charge in [0.05, 0.1) is 29.8 Å². The summed E-state index contributed by atoms with van der Waals surface area (Å²) in [6, 6.07) is 21.6. The van der Waals surface area contributed by atoms with E-state index >= 15 is 0 Å². The SMILES string of the molecule is C=C[C@@H]1C[C@]1(NC(=O)[C@@H]1C[C@@H](Oc2cc(-c3ccccc3)nc3cc(OC)ccc23)CN1C(=O)[C@@H](NC(=O)OC(C)(C)C)C(C)(C)C)C(=O)NS(=O)c1ccc(C)cc1. The number of amides is 4. The van der Waals surface area contributed by atoms with E-state index < -0.39 is 75.5 Å². The van der Waals surface area contributed by atoms with Gasteiger partial charge in [-0.25, -0.2) is 14.0 Å². The summed E-state index contributed by atoms with van der Waals surface area (Å²) >= 11 is 0. The molecule has 4 amide bonds. The second kappa shape index (κ2) is 16.8. The van der Waals surface area contributed by atoms with Crippen LogP contribution in [-0.4, -0.2) is 80.9 Å². The van der Waals surface area contributed by atoms with E-state index in [1.54, 1.807) is 85.1 Å².